The van der Waals surface area contributed by atoms with E-state index in [1.165, 1.54) is 82.5 Å². The highest BCUT2D eigenvalue weighted by molar-refractivity contribution is 7.99. The molecule has 1 nitrogen and oxygen atoms in total. The van der Waals surface area contributed by atoms with Crippen LogP contribution in [0.3, 0.4) is 0 Å². The first kappa shape index (κ1) is 25.1. The molecule has 3 aliphatic rings. The van der Waals surface area contributed by atoms with Crippen LogP contribution in [0.25, 0.3) is 33.4 Å². The zero-order valence-corrected chi connectivity index (χ0v) is 25.3. The summed E-state index contributed by atoms with van der Waals surface area (Å²) in [6, 6.07) is 60.7. The van der Waals surface area contributed by atoms with Crippen molar-refractivity contribution in [1.82, 2.24) is 0 Å². The normalized spacial score (nSPS) is 14.3. The quantitative estimate of drug-likeness (QED) is 0.197. The van der Waals surface area contributed by atoms with E-state index < -0.39 is 0 Å². The molecule has 0 saturated carbocycles. The molecule has 0 radical (unpaired) electrons. The number of hydrogen-bond acceptors (Lipinski definition) is 2. The van der Waals surface area contributed by atoms with Crippen molar-refractivity contribution in [3.8, 4) is 33.4 Å². The fraction of sp³-hybridized carbons (Fsp3) is 0.0233. The Morgan fingerprint density at radius 1 is 0.400 bits per heavy atom. The fourth-order valence-corrected chi connectivity index (χ4v) is 9.24. The molecular weight excluding hydrogens is 563 g/mol. The summed E-state index contributed by atoms with van der Waals surface area (Å²) in [6.45, 7) is 0. The molecule has 1 aliphatic heterocycles. The largest absolute Gasteiger partial charge is 0.308 e. The van der Waals surface area contributed by atoms with Crippen molar-refractivity contribution in [2.24, 2.45) is 0 Å². The van der Waals surface area contributed by atoms with Crippen LogP contribution >= 0.6 is 11.8 Å². The van der Waals surface area contributed by atoms with Gasteiger partial charge in [0.2, 0.25) is 0 Å². The van der Waals surface area contributed by atoms with Gasteiger partial charge in [0.05, 0.1) is 16.8 Å². The SMILES string of the molecule is c1cc(-c2cccc3c2-c2ccccc2C32c3ccccc3-c3ccccc32)cc(N2c3ccccc3Sc3ccccc32)c1. The zero-order valence-electron chi connectivity index (χ0n) is 24.4. The molecule has 0 N–H and O–H groups in total. The van der Waals surface area contributed by atoms with Crippen LogP contribution < -0.4 is 4.90 Å². The van der Waals surface area contributed by atoms with Crippen LogP contribution in [0.4, 0.5) is 17.1 Å². The van der Waals surface area contributed by atoms with Crippen molar-refractivity contribution in [2.45, 2.75) is 15.2 Å². The Balaban J connectivity index is 1.22. The maximum atomic E-state index is 2.42. The summed E-state index contributed by atoms with van der Waals surface area (Å²) in [5, 5.41) is 0. The lowest BCUT2D eigenvalue weighted by Crippen LogP contribution is -2.25. The van der Waals surface area contributed by atoms with Crippen molar-refractivity contribution >= 4 is 28.8 Å². The summed E-state index contributed by atoms with van der Waals surface area (Å²) in [5.74, 6) is 0. The molecule has 0 unspecified atom stereocenters. The van der Waals surface area contributed by atoms with Gasteiger partial charge >= 0.3 is 0 Å². The summed E-state index contributed by atoms with van der Waals surface area (Å²) < 4.78 is 0. The lowest BCUT2D eigenvalue weighted by molar-refractivity contribution is 0.794. The first-order chi connectivity index (χ1) is 22.3. The van der Waals surface area contributed by atoms with E-state index in [1.807, 2.05) is 11.8 Å². The van der Waals surface area contributed by atoms with Gasteiger partial charge < -0.3 is 4.90 Å². The lowest BCUT2D eigenvalue weighted by Gasteiger charge is -2.33. The number of para-hydroxylation sites is 2. The highest BCUT2D eigenvalue weighted by Gasteiger charge is 2.51. The van der Waals surface area contributed by atoms with Gasteiger partial charge in [0.1, 0.15) is 0 Å². The summed E-state index contributed by atoms with van der Waals surface area (Å²) in [5.41, 5.74) is 16.6. The van der Waals surface area contributed by atoms with Gasteiger partial charge in [-0.05, 0) is 92.0 Å². The van der Waals surface area contributed by atoms with E-state index in [0.29, 0.717) is 0 Å². The van der Waals surface area contributed by atoms with Gasteiger partial charge in [0, 0.05) is 15.5 Å². The number of hydrogen-bond donors (Lipinski definition) is 0. The standard InChI is InChI=1S/C43H27NS/c1-4-19-34-31(15-1)32-16-2-5-20-35(32)43(34)36-21-6-3-17-33(36)42-30(18-12-22-37(42)43)28-13-11-14-29(27-28)44-38-23-7-9-25-40(38)45-41-26-10-8-24-39(41)44/h1-27H. The first-order valence-corrected chi connectivity index (χ1v) is 16.3. The van der Waals surface area contributed by atoms with E-state index in [-0.39, 0.29) is 5.41 Å². The lowest BCUT2D eigenvalue weighted by atomic mass is 9.70. The summed E-state index contributed by atoms with van der Waals surface area (Å²) in [6.07, 6.45) is 0. The van der Waals surface area contributed by atoms with Crippen molar-refractivity contribution in [3.05, 3.63) is 186 Å². The molecule has 1 heterocycles. The minimum Gasteiger partial charge on any atom is -0.308 e. The van der Waals surface area contributed by atoms with Crippen LogP contribution in [0.1, 0.15) is 22.3 Å². The molecule has 0 fully saturated rings. The van der Waals surface area contributed by atoms with E-state index in [4.69, 9.17) is 0 Å². The molecule has 7 aromatic carbocycles. The first-order valence-electron chi connectivity index (χ1n) is 15.5. The summed E-state index contributed by atoms with van der Waals surface area (Å²) in [4.78, 5) is 4.97. The smallest absolute Gasteiger partial charge is 0.0725 e. The van der Waals surface area contributed by atoms with E-state index in [1.54, 1.807) is 0 Å². The van der Waals surface area contributed by atoms with Gasteiger partial charge in [0.25, 0.3) is 0 Å². The molecule has 0 aromatic heterocycles. The molecule has 2 aliphatic carbocycles. The average molecular weight is 590 g/mol. The molecule has 0 atom stereocenters. The van der Waals surface area contributed by atoms with Gasteiger partial charge in [-0.15, -0.1) is 0 Å². The van der Waals surface area contributed by atoms with Gasteiger partial charge in [-0.3, -0.25) is 0 Å². The second kappa shape index (κ2) is 9.34. The highest BCUT2D eigenvalue weighted by Crippen LogP contribution is 2.64. The van der Waals surface area contributed by atoms with Gasteiger partial charge in [-0.2, -0.15) is 0 Å². The second-order valence-electron chi connectivity index (χ2n) is 12.0. The summed E-state index contributed by atoms with van der Waals surface area (Å²) >= 11 is 1.85. The zero-order chi connectivity index (χ0) is 29.5. The van der Waals surface area contributed by atoms with Gasteiger partial charge in [0.15, 0.2) is 0 Å². The monoisotopic (exact) mass is 589 g/mol. The summed E-state index contributed by atoms with van der Waals surface area (Å²) in [7, 11) is 0. The molecule has 0 saturated heterocycles. The van der Waals surface area contributed by atoms with Crippen molar-refractivity contribution in [1.29, 1.82) is 0 Å². The van der Waals surface area contributed by atoms with Gasteiger partial charge in [-0.1, -0.05) is 139 Å². The number of fused-ring (bicyclic) bond motifs is 12. The topological polar surface area (TPSA) is 3.24 Å². The molecule has 45 heavy (non-hydrogen) atoms. The third kappa shape index (κ3) is 3.30. The number of nitrogens with zero attached hydrogens (tertiary/aromatic N) is 1. The van der Waals surface area contributed by atoms with Crippen LogP contribution in [0, 0.1) is 0 Å². The molecule has 0 amide bonds. The maximum absolute atomic E-state index is 2.42. The highest BCUT2D eigenvalue weighted by atomic mass is 32.2. The van der Waals surface area contributed by atoms with E-state index in [0.717, 1.165) is 0 Å². The molecule has 0 bridgehead atoms. The molecule has 1 spiro atoms. The Bertz CT molecular complexity index is 2240. The second-order valence-corrected chi connectivity index (χ2v) is 13.1. The minimum atomic E-state index is -0.339. The van der Waals surface area contributed by atoms with Crippen LogP contribution in [0.5, 0.6) is 0 Å². The van der Waals surface area contributed by atoms with Crippen molar-refractivity contribution in [2.75, 3.05) is 4.90 Å². The van der Waals surface area contributed by atoms with Crippen molar-refractivity contribution < 1.29 is 0 Å². The third-order valence-electron chi connectivity index (χ3n) is 9.87. The third-order valence-corrected chi connectivity index (χ3v) is 11.0. The Morgan fingerprint density at radius 2 is 0.889 bits per heavy atom. The molecule has 7 aromatic rings. The molecule has 2 heteroatoms. The van der Waals surface area contributed by atoms with Crippen molar-refractivity contribution in [3.63, 3.8) is 0 Å². The van der Waals surface area contributed by atoms with Gasteiger partial charge in [-0.25, -0.2) is 0 Å². The van der Waals surface area contributed by atoms with Crippen LogP contribution in [-0.2, 0) is 5.41 Å². The van der Waals surface area contributed by atoms with Crippen LogP contribution in [0.15, 0.2) is 174 Å². The Hall–Kier alpha value is -5.31. The number of rotatable bonds is 2. The molecule has 10 rings (SSSR count). The maximum Gasteiger partial charge on any atom is 0.0725 e. The predicted octanol–water partition coefficient (Wildman–Crippen LogP) is 11.6. The van der Waals surface area contributed by atoms with Crippen LogP contribution in [0.2, 0.25) is 0 Å². The Labute approximate surface area is 267 Å². The fourth-order valence-electron chi connectivity index (χ4n) is 8.18. The van der Waals surface area contributed by atoms with E-state index in [9.17, 15) is 0 Å². The predicted molar refractivity (Wildman–Crippen MR) is 187 cm³/mol. The average Bonchev–Trinajstić information content (AvgIpc) is 3.58. The Morgan fingerprint density at radius 3 is 1.56 bits per heavy atom. The van der Waals surface area contributed by atoms with E-state index >= 15 is 0 Å². The van der Waals surface area contributed by atoms with Crippen LogP contribution in [-0.4, -0.2) is 0 Å². The molecule has 210 valence electrons. The Kier molecular flexibility index (Phi) is 5.20. The number of benzene rings is 7. The minimum absolute atomic E-state index is 0.339. The number of anilines is 3. The van der Waals surface area contributed by atoms with E-state index in [2.05, 4.69) is 169 Å². The molecular formula is C43H27NS.